The number of carbonyl (C=O) groups excluding carboxylic acids is 1. The number of hydrogen-bond acceptors (Lipinski definition) is 6. The number of ether oxygens (including phenoxy) is 1. The molecule has 6 rings (SSSR count). The van der Waals surface area contributed by atoms with Crippen LogP contribution >= 0.6 is 0 Å². The average molecular weight is 577 g/mol. The Morgan fingerprint density at radius 2 is 1.76 bits per heavy atom. The topological polar surface area (TPSA) is 96.0 Å². The molecule has 12 heteroatoms. The van der Waals surface area contributed by atoms with Crippen molar-refractivity contribution in [3.05, 3.63) is 90.3 Å². The van der Waals surface area contributed by atoms with E-state index in [1.165, 1.54) is 6.07 Å². The van der Waals surface area contributed by atoms with Crippen molar-refractivity contribution in [3.63, 3.8) is 0 Å². The van der Waals surface area contributed by atoms with Gasteiger partial charge in [-0.1, -0.05) is 12.1 Å². The fraction of sp³-hybridized carbons (Fsp3) is 0.200. The van der Waals surface area contributed by atoms with Gasteiger partial charge in [-0.15, -0.1) is 0 Å². The molecule has 1 aromatic carbocycles. The Hall–Kier alpha value is -4.84. The molecule has 0 aliphatic carbocycles. The number of rotatable bonds is 6. The fourth-order valence-corrected chi connectivity index (χ4v) is 4.80. The minimum absolute atomic E-state index is 0.0963. The van der Waals surface area contributed by atoms with E-state index in [0.29, 0.717) is 41.7 Å². The molecule has 5 aromatic rings. The minimum atomic E-state index is -4.58. The van der Waals surface area contributed by atoms with Gasteiger partial charge in [0.25, 0.3) is 0 Å². The summed E-state index contributed by atoms with van der Waals surface area (Å²) in [4.78, 5) is 30.4. The number of halogens is 4. The lowest BCUT2D eigenvalue weighted by molar-refractivity contribution is -0.137. The van der Waals surface area contributed by atoms with Gasteiger partial charge in [0.1, 0.15) is 17.3 Å². The largest absolute Gasteiger partial charge is 0.417 e. The van der Waals surface area contributed by atoms with Gasteiger partial charge < -0.3 is 19.9 Å². The molecule has 0 unspecified atom stereocenters. The third kappa shape index (κ3) is 5.93. The quantitative estimate of drug-likeness (QED) is 0.246. The first kappa shape index (κ1) is 27.3. The predicted octanol–water partition coefficient (Wildman–Crippen LogP) is 5.86. The molecule has 8 nitrogen and oxygen atoms in total. The fourth-order valence-electron chi connectivity index (χ4n) is 4.80. The summed E-state index contributed by atoms with van der Waals surface area (Å²) in [6, 6.07) is 12.9. The van der Waals surface area contributed by atoms with Crippen LogP contribution in [0.3, 0.4) is 0 Å². The molecular formula is C30H24F4N6O2. The summed E-state index contributed by atoms with van der Waals surface area (Å²) in [5.41, 5.74) is 2.50. The van der Waals surface area contributed by atoms with Crippen molar-refractivity contribution in [2.75, 3.05) is 36.5 Å². The van der Waals surface area contributed by atoms with Gasteiger partial charge in [0.15, 0.2) is 0 Å². The molecule has 0 spiro atoms. The van der Waals surface area contributed by atoms with E-state index in [-0.39, 0.29) is 12.1 Å². The molecule has 1 saturated heterocycles. The molecule has 1 amide bonds. The Balaban J connectivity index is 1.15. The minimum Gasteiger partial charge on any atom is -0.378 e. The van der Waals surface area contributed by atoms with Crippen molar-refractivity contribution >= 4 is 28.4 Å². The van der Waals surface area contributed by atoms with Crippen molar-refractivity contribution in [2.45, 2.75) is 12.6 Å². The summed E-state index contributed by atoms with van der Waals surface area (Å²) in [6.07, 6.45) is 0.333. The lowest BCUT2D eigenvalue weighted by atomic mass is 10.0. The van der Waals surface area contributed by atoms with Crippen LogP contribution in [0.2, 0.25) is 0 Å². The summed E-state index contributed by atoms with van der Waals surface area (Å²) in [5.74, 6) is -0.262. The summed E-state index contributed by atoms with van der Waals surface area (Å²) in [5, 5.41) is 3.16. The Morgan fingerprint density at radius 1 is 0.952 bits per heavy atom. The molecule has 0 saturated carbocycles. The van der Waals surface area contributed by atoms with E-state index < -0.39 is 23.5 Å². The number of nitrogens with one attached hydrogen (secondary N) is 2. The van der Waals surface area contributed by atoms with E-state index in [0.717, 1.165) is 47.8 Å². The lowest BCUT2D eigenvalue weighted by Crippen LogP contribution is -2.36. The van der Waals surface area contributed by atoms with Crippen LogP contribution in [-0.2, 0) is 22.1 Å². The molecule has 1 aliphatic heterocycles. The number of aromatic amines is 1. The van der Waals surface area contributed by atoms with Gasteiger partial charge in [0.05, 0.1) is 37.1 Å². The molecule has 2 N–H and O–H groups in total. The highest BCUT2D eigenvalue weighted by atomic mass is 19.4. The first-order chi connectivity index (χ1) is 20.2. The highest BCUT2D eigenvalue weighted by molar-refractivity contribution is 5.92. The van der Waals surface area contributed by atoms with Crippen molar-refractivity contribution in [3.8, 4) is 22.4 Å². The number of carbonyl (C=O) groups is 1. The second kappa shape index (κ2) is 11.2. The predicted molar refractivity (Wildman–Crippen MR) is 149 cm³/mol. The van der Waals surface area contributed by atoms with Crippen LogP contribution in [-0.4, -0.2) is 52.1 Å². The van der Waals surface area contributed by atoms with Crippen LogP contribution in [0, 0.1) is 5.82 Å². The molecule has 1 aliphatic rings. The van der Waals surface area contributed by atoms with Crippen molar-refractivity contribution in [2.24, 2.45) is 0 Å². The van der Waals surface area contributed by atoms with E-state index >= 15 is 4.39 Å². The first-order valence-corrected chi connectivity index (χ1v) is 13.1. The number of hydrogen-bond donors (Lipinski definition) is 2. The maximum Gasteiger partial charge on any atom is 0.417 e. The molecule has 42 heavy (non-hydrogen) atoms. The summed E-state index contributed by atoms with van der Waals surface area (Å²) >= 11 is 0. The Bertz CT molecular complexity index is 1750. The molecule has 4 aromatic heterocycles. The number of pyridine rings is 3. The number of amides is 1. The van der Waals surface area contributed by atoms with Crippen LogP contribution in [0.25, 0.3) is 33.4 Å². The van der Waals surface area contributed by atoms with Crippen LogP contribution in [0.5, 0.6) is 0 Å². The van der Waals surface area contributed by atoms with Gasteiger partial charge in [-0.3, -0.25) is 9.78 Å². The van der Waals surface area contributed by atoms with Gasteiger partial charge >= 0.3 is 6.18 Å². The SMILES string of the molecule is O=C(Cc1ccc(-c2cnc3[nH]c(-c4ccc(N5CCOCC5)nc4)cc3c2)c(F)c1)Nc1cncc(C(F)(F)F)c1. The monoisotopic (exact) mass is 576 g/mol. The number of morpholine rings is 1. The van der Waals surface area contributed by atoms with E-state index in [4.69, 9.17) is 4.74 Å². The standard InChI is InChI=1S/C30H24F4N6O2/c31-25-9-18(10-28(41)38-23-13-22(16-35-17-23)30(32,33)34)1-3-24(25)21-11-20-12-26(39-29(20)37-15-21)19-2-4-27(36-14-19)40-5-7-42-8-6-40/h1-4,9,11-17H,5-8,10H2,(H,37,39)(H,38,41). The number of fused-ring (bicyclic) bond motifs is 1. The molecule has 0 radical (unpaired) electrons. The van der Waals surface area contributed by atoms with Gasteiger partial charge in [-0.2, -0.15) is 13.2 Å². The van der Waals surface area contributed by atoms with E-state index in [2.05, 4.69) is 30.2 Å². The van der Waals surface area contributed by atoms with Crippen molar-refractivity contribution < 1.29 is 27.1 Å². The van der Waals surface area contributed by atoms with Gasteiger partial charge in [0, 0.05) is 59.5 Å². The highest BCUT2D eigenvalue weighted by Gasteiger charge is 2.31. The number of benzene rings is 1. The van der Waals surface area contributed by atoms with Gasteiger partial charge in [-0.25, -0.2) is 14.4 Å². The highest BCUT2D eigenvalue weighted by Crippen LogP contribution is 2.31. The average Bonchev–Trinajstić information content (AvgIpc) is 3.41. The summed E-state index contributed by atoms with van der Waals surface area (Å²) in [7, 11) is 0. The zero-order valence-electron chi connectivity index (χ0n) is 22.1. The maximum absolute atomic E-state index is 15.1. The maximum atomic E-state index is 15.1. The van der Waals surface area contributed by atoms with Crippen LogP contribution in [0.4, 0.5) is 29.1 Å². The number of nitrogens with zero attached hydrogens (tertiary/aromatic N) is 4. The number of aromatic nitrogens is 4. The first-order valence-electron chi connectivity index (χ1n) is 13.1. The van der Waals surface area contributed by atoms with Crippen LogP contribution in [0.15, 0.2) is 73.3 Å². The van der Waals surface area contributed by atoms with Gasteiger partial charge in [0.2, 0.25) is 5.91 Å². The van der Waals surface area contributed by atoms with E-state index in [1.54, 1.807) is 24.5 Å². The molecule has 1 fully saturated rings. The summed E-state index contributed by atoms with van der Waals surface area (Å²) < 4.78 is 59.2. The van der Waals surface area contributed by atoms with Crippen molar-refractivity contribution in [1.82, 2.24) is 19.9 Å². The lowest BCUT2D eigenvalue weighted by Gasteiger charge is -2.27. The zero-order chi connectivity index (χ0) is 29.3. The summed E-state index contributed by atoms with van der Waals surface area (Å²) in [6.45, 7) is 2.96. The van der Waals surface area contributed by atoms with E-state index in [9.17, 15) is 18.0 Å². The Labute approximate surface area is 237 Å². The normalized spacial score (nSPS) is 13.9. The third-order valence-electron chi connectivity index (χ3n) is 6.92. The molecule has 214 valence electrons. The molecule has 0 atom stereocenters. The number of alkyl halides is 3. The molecular weight excluding hydrogens is 552 g/mol. The number of H-pyrrole nitrogens is 1. The zero-order valence-corrected chi connectivity index (χ0v) is 22.1. The second-order valence-electron chi connectivity index (χ2n) is 9.85. The second-order valence-corrected chi connectivity index (χ2v) is 9.85. The van der Waals surface area contributed by atoms with Crippen LogP contribution in [0.1, 0.15) is 11.1 Å². The van der Waals surface area contributed by atoms with E-state index in [1.807, 2.05) is 24.3 Å². The van der Waals surface area contributed by atoms with Crippen molar-refractivity contribution in [1.29, 1.82) is 0 Å². The number of anilines is 2. The van der Waals surface area contributed by atoms with Gasteiger partial charge in [-0.05, 0) is 42.0 Å². The third-order valence-corrected chi connectivity index (χ3v) is 6.92. The molecule has 0 bridgehead atoms. The smallest absolute Gasteiger partial charge is 0.378 e. The van der Waals surface area contributed by atoms with Crippen LogP contribution < -0.4 is 10.2 Å². The Morgan fingerprint density at radius 3 is 2.50 bits per heavy atom. The molecule has 5 heterocycles. The Kier molecular flexibility index (Phi) is 7.29.